The molecule has 0 aromatic rings. The zero-order valence-electron chi connectivity index (χ0n) is 11.4. The molecule has 0 bridgehead atoms. The Morgan fingerprint density at radius 2 is 1.76 bits per heavy atom. The molecule has 1 atom stereocenters. The quantitative estimate of drug-likeness (QED) is 0.553. The van der Waals surface area contributed by atoms with Gasteiger partial charge in [0, 0.05) is 12.6 Å². The summed E-state index contributed by atoms with van der Waals surface area (Å²) in [4.78, 5) is 25.1. The van der Waals surface area contributed by atoms with Crippen molar-refractivity contribution in [3.05, 3.63) is 0 Å². The molecular formula is C12H24N2O3. The fourth-order valence-electron chi connectivity index (χ4n) is 1.46. The predicted molar refractivity (Wildman–Crippen MR) is 66.3 cm³/mol. The molecule has 0 aliphatic carbocycles. The third-order valence-electron chi connectivity index (χ3n) is 2.27. The zero-order valence-corrected chi connectivity index (χ0v) is 11.4. The first-order chi connectivity index (χ1) is 7.81. The molecule has 0 heterocycles. The number of nitrogens with two attached hydrogens (primary N) is 1. The number of nitrogens with zero attached hydrogens (tertiary/aromatic N) is 1. The standard InChI is InChI=1S/C12H24N2O3/c1-6-17-12(16)10(13)11(15)14(9(4)5)7-8(2)3/h8-10H,6-7,13H2,1-5H3. The molecular weight excluding hydrogens is 220 g/mol. The average Bonchev–Trinajstić information content (AvgIpc) is 2.23. The lowest BCUT2D eigenvalue weighted by atomic mass is 10.1. The fourth-order valence-corrected chi connectivity index (χ4v) is 1.46. The van der Waals surface area contributed by atoms with Crippen LogP contribution in [0, 0.1) is 5.92 Å². The molecule has 17 heavy (non-hydrogen) atoms. The summed E-state index contributed by atoms with van der Waals surface area (Å²) in [6.45, 7) is 10.3. The molecule has 0 radical (unpaired) electrons. The highest BCUT2D eigenvalue weighted by Gasteiger charge is 2.29. The molecule has 0 aliphatic heterocycles. The van der Waals surface area contributed by atoms with E-state index in [0.29, 0.717) is 12.5 Å². The van der Waals surface area contributed by atoms with Crippen molar-refractivity contribution in [2.24, 2.45) is 11.7 Å². The first-order valence-corrected chi connectivity index (χ1v) is 6.03. The maximum atomic E-state index is 12.0. The topological polar surface area (TPSA) is 72.6 Å². The molecule has 5 heteroatoms. The third kappa shape index (κ3) is 5.17. The van der Waals surface area contributed by atoms with Gasteiger partial charge in [-0.15, -0.1) is 0 Å². The minimum atomic E-state index is -1.21. The van der Waals surface area contributed by atoms with Crippen LogP contribution in [-0.4, -0.2) is 42.0 Å². The van der Waals surface area contributed by atoms with Crippen LogP contribution >= 0.6 is 0 Å². The Kier molecular flexibility index (Phi) is 6.80. The number of hydrogen-bond acceptors (Lipinski definition) is 4. The lowest BCUT2D eigenvalue weighted by Crippen LogP contribution is -2.52. The van der Waals surface area contributed by atoms with Gasteiger partial charge in [-0.25, -0.2) is 4.79 Å². The van der Waals surface area contributed by atoms with Gasteiger partial charge in [0.2, 0.25) is 0 Å². The van der Waals surface area contributed by atoms with Gasteiger partial charge in [-0.2, -0.15) is 0 Å². The number of carbonyl (C=O) groups excluding carboxylic acids is 2. The fraction of sp³-hybridized carbons (Fsp3) is 0.833. The monoisotopic (exact) mass is 244 g/mol. The summed E-state index contributed by atoms with van der Waals surface area (Å²) in [5, 5.41) is 0. The Morgan fingerprint density at radius 3 is 2.12 bits per heavy atom. The zero-order chi connectivity index (χ0) is 13.6. The van der Waals surface area contributed by atoms with Crippen molar-refractivity contribution in [3.63, 3.8) is 0 Å². The molecule has 0 aromatic heterocycles. The Bertz CT molecular complexity index is 264. The molecule has 2 N–H and O–H groups in total. The van der Waals surface area contributed by atoms with Crippen molar-refractivity contribution in [2.75, 3.05) is 13.2 Å². The average molecular weight is 244 g/mol. The number of amides is 1. The van der Waals surface area contributed by atoms with Gasteiger partial charge in [0.25, 0.3) is 5.91 Å². The maximum absolute atomic E-state index is 12.0. The van der Waals surface area contributed by atoms with Crippen LogP contribution in [0.3, 0.4) is 0 Å². The van der Waals surface area contributed by atoms with Crippen molar-refractivity contribution in [1.29, 1.82) is 0 Å². The van der Waals surface area contributed by atoms with Crippen molar-refractivity contribution in [2.45, 2.75) is 46.7 Å². The molecule has 1 amide bonds. The number of carbonyl (C=O) groups is 2. The lowest BCUT2D eigenvalue weighted by molar-refractivity contribution is -0.151. The number of ether oxygens (including phenoxy) is 1. The molecule has 1 unspecified atom stereocenters. The Balaban J connectivity index is 4.66. The highest BCUT2D eigenvalue weighted by molar-refractivity contribution is 6.01. The summed E-state index contributed by atoms with van der Waals surface area (Å²) in [6.07, 6.45) is 0. The van der Waals surface area contributed by atoms with Gasteiger partial charge >= 0.3 is 5.97 Å². The van der Waals surface area contributed by atoms with E-state index in [1.807, 2.05) is 27.7 Å². The van der Waals surface area contributed by atoms with Crippen LogP contribution in [0.4, 0.5) is 0 Å². The van der Waals surface area contributed by atoms with Crippen LogP contribution in [-0.2, 0) is 14.3 Å². The summed E-state index contributed by atoms with van der Waals surface area (Å²) < 4.78 is 4.75. The number of rotatable bonds is 6. The van der Waals surface area contributed by atoms with E-state index in [-0.39, 0.29) is 18.6 Å². The van der Waals surface area contributed by atoms with E-state index >= 15 is 0 Å². The molecule has 0 aromatic carbocycles. The van der Waals surface area contributed by atoms with Crippen molar-refractivity contribution in [3.8, 4) is 0 Å². The summed E-state index contributed by atoms with van der Waals surface area (Å²) in [6, 6.07) is -1.19. The van der Waals surface area contributed by atoms with Crippen molar-refractivity contribution in [1.82, 2.24) is 4.90 Å². The third-order valence-corrected chi connectivity index (χ3v) is 2.27. The molecule has 0 saturated carbocycles. The summed E-state index contributed by atoms with van der Waals surface area (Å²) in [5.74, 6) is -0.699. The van der Waals surface area contributed by atoms with Crippen LogP contribution in [0.15, 0.2) is 0 Å². The first-order valence-electron chi connectivity index (χ1n) is 6.03. The minimum Gasteiger partial charge on any atom is -0.464 e. The number of hydrogen-bond donors (Lipinski definition) is 1. The van der Waals surface area contributed by atoms with Gasteiger partial charge in [0.05, 0.1) is 6.61 Å². The smallest absolute Gasteiger partial charge is 0.332 e. The van der Waals surface area contributed by atoms with E-state index in [1.165, 1.54) is 0 Å². The molecule has 0 rings (SSSR count). The van der Waals surface area contributed by atoms with Crippen LogP contribution in [0.5, 0.6) is 0 Å². The van der Waals surface area contributed by atoms with Crippen LogP contribution in [0.2, 0.25) is 0 Å². The Hall–Kier alpha value is -1.10. The normalized spacial score (nSPS) is 12.7. The van der Waals surface area contributed by atoms with Gasteiger partial charge in [0.1, 0.15) is 0 Å². The highest BCUT2D eigenvalue weighted by Crippen LogP contribution is 2.07. The highest BCUT2D eigenvalue weighted by atomic mass is 16.5. The number of esters is 1. The van der Waals surface area contributed by atoms with Crippen LogP contribution < -0.4 is 5.73 Å². The van der Waals surface area contributed by atoms with E-state index in [9.17, 15) is 9.59 Å². The van der Waals surface area contributed by atoms with E-state index in [4.69, 9.17) is 10.5 Å². The van der Waals surface area contributed by atoms with Crippen LogP contribution in [0.1, 0.15) is 34.6 Å². The van der Waals surface area contributed by atoms with E-state index in [1.54, 1.807) is 11.8 Å². The first kappa shape index (κ1) is 15.9. The van der Waals surface area contributed by atoms with Gasteiger partial charge in [-0.3, -0.25) is 4.79 Å². The van der Waals surface area contributed by atoms with E-state index < -0.39 is 12.0 Å². The maximum Gasteiger partial charge on any atom is 0.332 e. The molecule has 0 spiro atoms. The predicted octanol–water partition coefficient (Wildman–Crippen LogP) is 0.770. The van der Waals surface area contributed by atoms with Gasteiger partial charge in [-0.05, 0) is 26.7 Å². The Morgan fingerprint density at radius 1 is 1.24 bits per heavy atom. The SMILES string of the molecule is CCOC(=O)C(N)C(=O)N(CC(C)C)C(C)C. The van der Waals surface area contributed by atoms with Crippen LogP contribution in [0.25, 0.3) is 0 Å². The molecule has 100 valence electrons. The van der Waals surface area contributed by atoms with Gasteiger partial charge in [-0.1, -0.05) is 13.8 Å². The largest absolute Gasteiger partial charge is 0.464 e. The summed E-state index contributed by atoms with van der Waals surface area (Å²) >= 11 is 0. The Labute approximate surface area is 103 Å². The second kappa shape index (κ2) is 7.27. The van der Waals surface area contributed by atoms with Crippen molar-refractivity contribution >= 4 is 11.9 Å². The van der Waals surface area contributed by atoms with Gasteiger partial charge in [0.15, 0.2) is 6.04 Å². The van der Waals surface area contributed by atoms with E-state index in [0.717, 1.165) is 0 Å². The molecule has 0 saturated heterocycles. The van der Waals surface area contributed by atoms with Gasteiger partial charge < -0.3 is 15.4 Å². The minimum absolute atomic E-state index is 0.0189. The summed E-state index contributed by atoms with van der Waals surface area (Å²) in [7, 11) is 0. The lowest BCUT2D eigenvalue weighted by Gasteiger charge is -2.30. The second-order valence-corrected chi connectivity index (χ2v) is 4.71. The molecule has 5 nitrogen and oxygen atoms in total. The second-order valence-electron chi connectivity index (χ2n) is 4.71. The molecule has 0 fully saturated rings. The summed E-state index contributed by atoms with van der Waals surface area (Å²) in [5.41, 5.74) is 5.60. The van der Waals surface area contributed by atoms with E-state index in [2.05, 4.69) is 0 Å². The van der Waals surface area contributed by atoms with Crippen molar-refractivity contribution < 1.29 is 14.3 Å². The molecule has 0 aliphatic rings.